The number of fused-ring (bicyclic) bond motifs is 2. The molecule has 0 aliphatic heterocycles. The molecule has 0 aromatic heterocycles. The van der Waals surface area contributed by atoms with E-state index >= 15 is 0 Å². The molecule has 2 bridgehead atoms. The first kappa shape index (κ1) is 13.3. The van der Waals surface area contributed by atoms with Gasteiger partial charge < -0.3 is 15.7 Å². The SMILES string of the molecule is CN(CC1CC2CCC1C2)c1cc(C(=O)O)ccc1N. The normalized spacial score (nSPS) is 27.8. The third-order valence-electron chi connectivity index (χ3n) is 5.08. The second-order valence-electron chi connectivity index (χ2n) is 6.39. The highest BCUT2D eigenvalue weighted by atomic mass is 16.4. The van der Waals surface area contributed by atoms with Crippen molar-refractivity contribution in [3.05, 3.63) is 23.8 Å². The third-order valence-corrected chi connectivity index (χ3v) is 5.08. The van der Waals surface area contributed by atoms with Crippen LogP contribution in [0.1, 0.15) is 36.0 Å². The van der Waals surface area contributed by atoms with E-state index < -0.39 is 5.97 Å². The van der Waals surface area contributed by atoms with E-state index in [2.05, 4.69) is 4.90 Å². The number of nitrogens with zero attached hydrogens (tertiary/aromatic N) is 1. The first-order chi connectivity index (χ1) is 9.54. The third kappa shape index (κ3) is 2.35. The van der Waals surface area contributed by atoms with E-state index in [1.807, 2.05) is 7.05 Å². The van der Waals surface area contributed by atoms with Crippen LogP contribution in [0.25, 0.3) is 0 Å². The maximum Gasteiger partial charge on any atom is 0.335 e. The second-order valence-corrected chi connectivity index (χ2v) is 6.39. The number of anilines is 2. The van der Waals surface area contributed by atoms with Gasteiger partial charge in [0, 0.05) is 13.6 Å². The minimum absolute atomic E-state index is 0.300. The number of hydrogen-bond acceptors (Lipinski definition) is 3. The van der Waals surface area contributed by atoms with Gasteiger partial charge in [-0.05, 0) is 55.2 Å². The summed E-state index contributed by atoms with van der Waals surface area (Å²) in [4.78, 5) is 13.2. The molecule has 0 spiro atoms. The van der Waals surface area contributed by atoms with Crippen molar-refractivity contribution in [1.82, 2.24) is 0 Å². The second kappa shape index (κ2) is 5.00. The average Bonchev–Trinajstić information content (AvgIpc) is 3.01. The molecule has 108 valence electrons. The summed E-state index contributed by atoms with van der Waals surface area (Å²) in [7, 11) is 2.02. The molecule has 0 heterocycles. The predicted octanol–water partition coefficient (Wildman–Crippen LogP) is 2.84. The minimum Gasteiger partial charge on any atom is -0.478 e. The molecule has 0 saturated heterocycles. The first-order valence-electron chi connectivity index (χ1n) is 7.38. The van der Waals surface area contributed by atoms with E-state index in [1.165, 1.54) is 25.7 Å². The predicted molar refractivity (Wildman–Crippen MR) is 80.0 cm³/mol. The molecule has 20 heavy (non-hydrogen) atoms. The quantitative estimate of drug-likeness (QED) is 0.829. The molecule has 3 atom stereocenters. The van der Waals surface area contributed by atoms with Crippen LogP contribution in [0.2, 0.25) is 0 Å². The number of carboxylic acids is 1. The van der Waals surface area contributed by atoms with Crippen LogP contribution in [0.5, 0.6) is 0 Å². The van der Waals surface area contributed by atoms with Crippen molar-refractivity contribution in [3.8, 4) is 0 Å². The van der Waals surface area contributed by atoms with Gasteiger partial charge in [0.1, 0.15) is 0 Å². The fraction of sp³-hybridized carbons (Fsp3) is 0.562. The fourth-order valence-corrected chi connectivity index (χ4v) is 4.06. The van der Waals surface area contributed by atoms with Gasteiger partial charge in [-0.1, -0.05) is 6.42 Å². The van der Waals surface area contributed by atoms with E-state index in [-0.39, 0.29) is 0 Å². The van der Waals surface area contributed by atoms with Crippen molar-refractivity contribution in [2.45, 2.75) is 25.7 Å². The number of carboxylic acid groups (broad SMARTS) is 1. The minimum atomic E-state index is -0.903. The van der Waals surface area contributed by atoms with Crippen LogP contribution in [0.4, 0.5) is 11.4 Å². The van der Waals surface area contributed by atoms with Crippen molar-refractivity contribution in [1.29, 1.82) is 0 Å². The Kier molecular flexibility index (Phi) is 3.32. The molecular weight excluding hydrogens is 252 g/mol. The fourth-order valence-electron chi connectivity index (χ4n) is 4.06. The highest BCUT2D eigenvalue weighted by Crippen LogP contribution is 2.48. The zero-order valence-electron chi connectivity index (χ0n) is 11.9. The van der Waals surface area contributed by atoms with Crippen LogP contribution in [0.3, 0.4) is 0 Å². The molecule has 1 aromatic carbocycles. The van der Waals surface area contributed by atoms with Gasteiger partial charge in [-0.2, -0.15) is 0 Å². The summed E-state index contributed by atoms with van der Waals surface area (Å²) in [5.41, 5.74) is 7.80. The van der Waals surface area contributed by atoms with Gasteiger partial charge in [0.15, 0.2) is 0 Å². The Hall–Kier alpha value is -1.71. The van der Waals surface area contributed by atoms with E-state index in [9.17, 15) is 4.79 Å². The van der Waals surface area contributed by atoms with Gasteiger partial charge in [0.05, 0.1) is 16.9 Å². The van der Waals surface area contributed by atoms with E-state index in [1.54, 1.807) is 18.2 Å². The number of nitrogens with two attached hydrogens (primary N) is 1. The van der Waals surface area contributed by atoms with E-state index in [0.29, 0.717) is 11.3 Å². The Balaban J connectivity index is 1.75. The smallest absolute Gasteiger partial charge is 0.335 e. The molecule has 3 rings (SSSR count). The van der Waals surface area contributed by atoms with Gasteiger partial charge in [0.25, 0.3) is 0 Å². The summed E-state index contributed by atoms with van der Waals surface area (Å²) in [5.74, 6) is 1.64. The summed E-state index contributed by atoms with van der Waals surface area (Å²) in [6, 6.07) is 4.94. The summed E-state index contributed by atoms with van der Waals surface area (Å²) >= 11 is 0. The highest BCUT2D eigenvalue weighted by Gasteiger charge is 2.39. The molecule has 2 aliphatic rings. The van der Waals surface area contributed by atoms with Crippen LogP contribution in [-0.2, 0) is 0 Å². The molecule has 0 radical (unpaired) electrons. The maximum absolute atomic E-state index is 11.1. The zero-order valence-corrected chi connectivity index (χ0v) is 11.9. The molecule has 2 aliphatic carbocycles. The van der Waals surface area contributed by atoms with E-state index in [4.69, 9.17) is 10.8 Å². The molecule has 2 saturated carbocycles. The van der Waals surface area contributed by atoms with Gasteiger partial charge in [-0.15, -0.1) is 0 Å². The van der Waals surface area contributed by atoms with Crippen LogP contribution < -0.4 is 10.6 Å². The number of carbonyl (C=O) groups is 1. The Morgan fingerprint density at radius 2 is 2.20 bits per heavy atom. The lowest BCUT2D eigenvalue weighted by Gasteiger charge is -2.29. The van der Waals surface area contributed by atoms with Crippen molar-refractivity contribution in [3.63, 3.8) is 0 Å². The Morgan fingerprint density at radius 3 is 2.80 bits per heavy atom. The molecular formula is C16H22N2O2. The molecule has 4 heteroatoms. The standard InChI is InChI=1S/C16H22N2O2/c1-18(9-13-7-10-2-3-11(13)6-10)15-8-12(16(19)20)4-5-14(15)17/h4-5,8,10-11,13H,2-3,6-7,9,17H2,1H3,(H,19,20). The zero-order chi connectivity index (χ0) is 14.3. The summed E-state index contributed by atoms with van der Waals surface area (Å²) in [5, 5.41) is 9.09. The van der Waals surface area contributed by atoms with Gasteiger partial charge in [-0.3, -0.25) is 0 Å². The van der Waals surface area contributed by atoms with Crippen LogP contribution in [0, 0.1) is 17.8 Å². The van der Waals surface area contributed by atoms with Gasteiger partial charge >= 0.3 is 5.97 Å². The Labute approximate surface area is 119 Å². The van der Waals surface area contributed by atoms with Crippen LogP contribution >= 0.6 is 0 Å². The number of aromatic carboxylic acids is 1. The maximum atomic E-state index is 11.1. The molecule has 1 aromatic rings. The number of benzene rings is 1. The summed E-state index contributed by atoms with van der Waals surface area (Å²) in [6.07, 6.45) is 5.49. The van der Waals surface area contributed by atoms with E-state index in [0.717, 1.165) is 30.0 Å². The number of nitrogen functional groups attached to an aromatic ring is 1. The molecule has 4 nitrogen and oxygen atoms in total. The first-order valence-corrected chi connectivity index (χ1v) is 7.38. The Bertz CT molecular complexity index is 529. The lowest BCUT2D eigenvalue weighted by molar-refractivity contribution is 0.0697. The van der Waals surface area contributed by atoms with Gasteiger partial charge in [-0.25, -0.2) is 4.79 Å². The Morgan fingerprint density at radius 1 is 1.40 bits per heavy atom. The number of rotatable bonds is 4. The number of hydrogen-bond donors (Lipinski definition) is 2. The van der Waals surface area contributed by atoms with Crippen molar-refractivity contribution in [2.75, 3.05) is 24.2 Å². The highest BCUT2D eigenvalue weighted by molar-refractivity contribution is 5.90. The molecule has 2 fully saturated rings. The summed E-state index contributed by atoms with van der Waals surface area (Å²) < 4.78 is 0. The van der Waals surface area contributed by atoms with Crippen molar-refractivity contribution in [2.24, 2.45) is 17.8 Å². The average molecular weight is 274 g/mol. The van der Waals surface area contributed by atoms with Crippen LogP contribution in [-0.4, -0.2) is 24.7 Å². The van der Waals surface area contributed by atoms with Crippen molar-refractivity contribution < 1.29 is 9.90 Å². The molecule has 0 amide bonds. The van der Waals surface area contributed by atoms with Crippen molar-refractivity contribution >= 4 is 17.3 Å². The lowest BCUT2D eigenvalue weighted by atomic mass is 9.88. The lowest BCUT2D eigenvalue weighted by Crippen LogP contribution is -2.29. The largest absolute Gasteiger partial charge is 0.478 e. The van der Waals surface area contributed by atoms with Gasteiger partial charge in [0.2, 0.25) is 0 Å². The topological polar surface area (TPSA) is 66.6 Å². The monoisotopic (exact) mass is 274 g/mol. The molecule has 3 N–H and O–H groups in total. The molecule has 3 unspecified atom stereocenters. The summed E-state index contributed by atoms with van der Waals surface area (Å²) in [6.45, 7) is 0.981. The van der Waals surface area contributed by atoms with Crippen LogP contribution in [0.15, 0.2) is 18.2 Å².